The standard InChI is InChI=1S/C15H26N2/c1-3-5-12-7-8-16-15-14(9-12)10-13(6-4-2)11-17-15/h3-4,12-17H,1-2,5-11H2. The monoisotopic (exact) mass is 234 g/mol. The van der Waals surface area contributed by atoms with Gasteiger partial charge in [-0.1, -0.05) is 12.2 Å². The van der Waals surface area contributed by atoms with Crippen molar-refractivity contribution in [3.63, 3.8) is 0 Å². The predicted octanol–water partition coefficient (Wildman–Crippen LogP) is 2.69. The Morgan fingerprint density at radius 1 is 1.00 bits per heavy atom. The zero-order valence-electron chi connectivity index (χ0n) is 10.8. The molecular formula is C15H26N2. The van der Waals surface area contributed by atoms with E-state index in [-0.39, 0.29) is 0 Å². The normalized spacial score (nSPS) is 37.9. The summed E-state index contributed by atoms with van der Waals surface area (Å²) >= 11 is 0. The van der Waals surface area contributed by atoms with Crippen molar-refractivity contribution in [2.45, 2.75) is 38.3 Å². The molecule has 0 aromatic rings. The molecule has 0 aliphatic carbocycles. The molecule has 2 heterocycles. The highest BCUT2D eigenvalue weighted by molar-refractivity contribution is 4.90. The van der Waals surface area contributed by atoms with E-state index in [1.165, 1.54) is 25.7 Å². The summed E-state index contributed by atoms with van der Waals surface area (Å²) in [7, 11) is 0. The van der Waals surface area contributed by atoms with Crippen molar-refractivity contribution in [3.8, 4) is 0 Å². The van der Waals surface area contributed by atoms with Crippen LogP contribution in [0.5, 0.6) is 0 Å². The van der Waals surface area contributed by atoms with Crippen molar-refractivity contribution < 1.29 is 0 Å². The van der Waals surface area contributed by atoms with Gasteiger partial charge >= 0.3 is 0 Å². The molecule has 0 aromatic carbocycles. The second kappa shape index (κ2) is 6.36. The van der Waals surface area contributed by atoms with Gasteiger partial charge in [0.25, 0.3) is 0 Å². The molecule has 2 aliphatic heterocycles. The fraction of sp³-hybridized carbons (Fsp3) is 0.733. The Morgan fingerprint density at radius 2 is 1.71 bits per heavy atom. The van der Waals surface area contributed by atoms with Gasteiger partial charge in [-0.2, -0.15) is 0 Å². The summed E-state index contributed by atoms with van der Waals surface area (Å²) in [6, 6.07) is 0. The van der Waals surface area contributed by atoms with Gasteiger partial charge in [0.15, 0.2) is 0 Å². The van der Waals surface area contributed by atoms with Gasteiger partial charge in [-0.05, 0) is 62.9 Å². The second-order valence-corrected chi connectivity index (χ2v) is 5.64. The van der Waals surface area contributed by atoms with Gasteiger partial charge < -0.3 is 10.6 Å². The van der Waals surface area contributed by atoms with Crippen molar-refractivity contribution in [1.82, 2.24) is 10.6 Å². The van der Waals surface area contributed by atoms with Crippen molar-refractivity contribution in [1.29, 1.82) is 0 Å². The van der Waals surface area contributed by atoms with Crippen LogP contribution in [0.25, 0.3) is 0 Å². The first-order chi connectivity index (χ1) is 8.33. The molecule has 2 N–H and O–H groups in total. The van der Waals surface area contributed by atoms with E-state index in [9.17, 15) is 0 Å². The number of piperidine rings is 1. The lowest BCUT2D eigenvalue weighted by Gasteiger charge is -2.37. The summed E-state index contributed by atoms with van der Waals surface area (Å²) in [5.74, 6) is 2.42. The van der Waals surface area contributed by atoms with Gasteiger partial charge in [0.05, 0.1) is 6.17 Å². The summed E-state index contributed by atoms with van der Waals surface area (Å²) in [5, 5.41) is 7.34. The summed E-state index contributed by atoms with van der Waals surface area (Å²) in [5.41, 5.74) is 0. The number of fused-ring (bicyclic) bond motifs is 1. The highest BCUT2D eigenvalue weighted by Gasteiger charge is 2.32. The smallest absolute Gasteiger partial charge is 0.0601 e. The van der Waals surface area contributed by atoms with Gasteiger partial charge in [-0.3, -0.25) is 0 Å². The third-order valence-corrected chi connectivity index (χ3v) is 4.29. The van der Waals surface area contributed by atoms with E-state index < -0.39 is 0 Å². The minimum Gasteiger partial charge on any atom is -0.302 e. The molecule has 4 unspecified atom stereocenters. The maximum Gasteiger partial charge on any atom is 0.0601 e. The average Bonchev–Trinajstić information content (AvgIpc) is 2.51. The van der Waals surface area contributed by atoms with Gasteiger partial charge in [0, 0.05) is 0 Å². The largest absolute Gasteiger partial charge is 0.302 e. The highest BCUT2D eigenvalue weighted by atomic mass is 15.1. The van der Waals surface area contributed by atoms with Crippen LogP contribution in [0.1, 0.15) is 32.1 Å². The molecule has 0 bridgehead atoms. The average molecular weight is 234 g/mol. The van der Waals surface area contributed by atoms with Crippen LogP contribution in [0.4, 0.5) is 0 Å². The van der Waals surface area contributed by atoms with E-state index in [4.69, 9.17) is 0 Å². The van der Waals surface area contributed by atoms with E-state index in [1.54, 1.807) is 0 Å². The van der Waals surface area contributed by atoms with Crippen molar-refractivity contribution in [2.24, 2.45) is 17.8 Å². The number of hydrogen-bond acceptors (Lipinski definition) is 2. The lowest BCUT2D eigenvalue weighted by molar-refractivity contribution is 0.181. The maximum absolute atomic E-state index is 3.88. The van der Waals surface area contributed by atoms with E-state index in [0.29, 0.717) is 6.17 Å². The molecule has 0 radical (unpaired) electrons. The summed E-state index contributed by atoms with van der Waals surface area (Å²) in [4.78, 5) is 0. The van der Waals surface area contributed by atoms with Crippen LogP contribution in [-0.2, 0) is 0 Å². The molecule has 4 atom stereocenters. The molecule has 0 aromatic heterocycles. The summed E-state index contributed by atoms with van der Waals surface area (Å²) in [6.45, 7) is 10.0. The van der Waals surface area contributed by atoms with Crippen LogP contribution in [0.2, 0.25) is 0 Å². The van der Waals surface area contributed by atoms with Crippen LogP contribution < -0.4 is 10.6 Å². The van der Waals surface area contributed by atoms with Crippen molar-refractivity contribution >= 4 is 0 Å². The Labute approximate surface area is 106 Å². The Balaban J connectivity index is 1.93. The van der Waals surface area contributed by atoms with Crippen LogP contribution in [0.15, 0.2) is 25.3 Å². The van der Waals surface area contributed by atoms with Crippen LogP contribution in [0.3, 0.4) is 0 Å². The molecule has 17 heavy (non-hydrogen) atoms. The first-order valence-corrected chi connectivity index (χ1v) is 7.02. The Morgan fingerprint density at radius 3 is 2.47 bits per heavy atom. The second-order valence-electron chi connectivity index (χ2n) is 5.64. The zero-order valence-corrected chi connectivity index (χ0v) is 10.8. The van der Waals surface area contributed by atoms with Crippen LogP contribution in [0, 0.1) is 17.8 Å². The molecule has 2 nitrogen and oxygen atoms in total. The number of nitrogens with one attached hydrogen (secondary N) is 2. The number of rotatable bonds is 4. The Kier molecular flexibility index (Phi) is 4.81. The Bertz CT molecular complexity index is 262. The molecule has 0 saturated carbocycles. The summed E-state index contributed by atoms with van der Waals surface area (Å²) < 4.78 is 0. The lowest BCUT2D eigenvalue weighted by Crippen LogP contribution is -2.52. The fourth-order valence-electron chi connectivity index (χ4n) is 3.43. The van der Waals surface area contributed by atoms with Crippen molar-refractivity contribution in [3.05, 3.63) is 25.3 Å². The molecule has 96 valence electrons. The SMILES string of the molecule is C=CCC1CCNC2NCC(CC=C)CC2C1. The molecular weight excluding hydrogens is 208 g/mol. The topological polar surface area (TPSA) is 24.1 Å². The van der Waals surface area contributed by atoms with Crippen LogP contribution >= 0.6 is 0 Å². The van der Waals surface area contributed by atoms with E-state index >= 15 is 0 Å². The van der Waals surface area contributed by atoms with Gasteiger partial charge in [-0.15, -0.1) is 13.2 Å². The van der Waals surface area contributed by atoms with Gasteiger partial charge in [0.2, 0.25) is 0 Å². The molecule has 0 spiro atoms. The van der Waals surface area contributed by atoms with Gasteiger partial charge in [0.1, 0.15) is 0 Å². The van der Waals surface area contributed by atoms with E-state index in [2.05, 4.69) is 35.9 Å². The molecule has 2 rings (SSSR count). The van der Waals surface area contributed by atoms with E-state index in [1.807, 2.05) is 0 Å². The predicted molar refractivity (Wildman–Crippen MR) is 73.7 cm³/mol. The highest BCUT2D eigenvalue weighted by Crippen LogP contribution is 2.32. The fourth-order valence-corrected chi connectivity index (χ4v) is 3.43. The minimum absolute atomic E-state index is 0.547. The van der Waals surface area contributed by atoms with Crippen LogP contribution in [-0.4, -0.2) is 19.3 Å². The molecule has 0 amide bonds. The first kappa shape index (κ1) is 12.8. The third-order valence-electron chi connectivity index (χ3n) is 4.29. The minimum atomic E-state index is 0.547. The number of hydrogen-bond donors (Lipinski definition) is 2. The van der Waals surface area contributed by atoms with Gasteiger partial charge in [-0.25, -0.2) is 0 Å². The molecule has 2 fully saturated rings. The van der Waals surface area contributed by atoms with E-state index in [0.717, 1.165) is 37.3 Å². The Hall–Kier alpha value is -0.600. The first-order valence-electron chi connectivity index (χ1n) is 7.02. The summed E-state index contributed by atoms with van der Waals surface area (Å²) in [6.07, 6.45) is 11.0. The number of allylic oxidation sites excluding steroid dienone is 2. The third kappa shape index (κ3) is 3.43. The molecule has 2 saturated heterocycles. The molecule has 2 heteroatoms. The quantitative estimate of drug-likeness (QED) is 0.731. The molecule has 2 aliphatic rings. The lowest BCUT2D eigenvalue weighted by atomic mass is 9.80. The van der Waals surface area contributed by atoms with Crippen molar-refractivity contribution in [2.75, 3.05) is 13.1 Å². The zero-order chi connectivity index (χ0) is 12.1. The maximum atomic E-state index is 3.88.